The molecule has 0 bridgehead atoms. The van der Waals surface area contributed by atoms with Crippen LogP contribution in [0, 0.1) is 11.6 Å². The van der Waals surface area contributed by atoms with Crippen LogP contribution in [0.25, 0.3) is 22.2 Å². The third-order valence-electron chi connectivity index (χ3n) is 3.83. The molecule has 0 saturated heterocycles. The molecule has 0 aliphatic heterocycles. The molecule has 0 amide bonds. The number of carboxylic acid groups (broad SMARTS) is 1. The number of methoxy groups -OCH3 is 1. The van der Waals surface area contributed by atoms with E-state index < -0.39 is 17.6 Å². The van der Waals surface area contributed by atoms with Gasteiger partial charge in [0.1, 0.15) is 11.6 Å². The van der Waals surface area contributed by atoms with Gasteiger partial charge in [0.05, 0.1) is 30.5 Å². The summed E-state index contributed by atoms with van der Waals surface area (Å²) in [6.45, 7) is 2.16. The summed E-state index contributed by atoms with van der Waals surface area (Å²) in [7, 11) is 1.45. The zero-order valence-electron chi connectivity index (χ0n) is 14.0. The zero-order chi connectivity index (χ0) is 18.8. The molecule has 134 valence electrons. The third-order valence-corrected chi connectivity index (χ3v) is 3.83. The molecule has 7 heteroatoms. The Morgan fingerprint density at radius 1 is 1.15 bits per heavy atom. The van der Waals surface area contributed by atoms with E-state index in [-0.39, 0.29) is 16.8 Å². The van der Waals surface area contributed by atoms with Crippen LogP contribution in [0.3, 0.4) is 0 Å². The predicted molar refractivity (Wildman–Crippen MR) is 91.8 cm³/mol. The number of hydrogen-bond acceptors (Lipinski definition) is 4. The number of rotatable bonds is 5. The van der Waals surface area contributed by atoms with Crippen LogP contribution in [-0.4, -0.2) is 29.8 Å². The van der Waals surface area contributed by atoms with Crippen LogP contribution >= 0.6 is 0 Å². The maximum Gasteiger partial charge on any atom is 0.336 e. The molecule has 3 rings (SSSR count). The summed E-state index contributed by atoms with van der Waals surface area (Å²) in [4.78, 5) is 16.0. The number of ether oxygens (including phenoxy) is 2. The lowest BCUT2D eigenvalue weighted by molar-refractivity contribution is 0.0699. The molecule has 0 fully saturated rings. The van der Waals surface area contributed by atoms with E-state index in [1.54, 1.807) is 6.92 Å². The minimum absolute atomic E-state index is 0.00338. The summed E-state index contributed by atoms with van der Waals surface area (Å²) in [5.74, 6) is -2.00. The molecule has 0 aliphatic carbocycles. The minimum atomic E-state index is -1.20. The van der Waals surface area contributed by atoms with Gasteiger partial charge in [-0.1, -0.05) is 0 Å². The van der Waals surface area contributed by atoms with Crippen molar-refractivity contribution in [3.05, 3.63) is 53.6 Å². The highest BCUT2D eigenvalue weighted by Crippen LogP contribution is 2.35. The van der Waals surface area contributed by atoms with Crippen LogP contribution in [0.2, 0.25) is 0 Å². The van der Waals surface area contributed by atoms with Crippen LogP contribution in [0.1, 0.15) is 17.3 Å². The van der Waals surface area contributed by atoms with Gasteiger partial charge in [-0.2, -0.15) is 0 Å². The molecule has 0 radical (unpaired) electrons. The average Bonchev–Trinajstić information content (AvgIpc) is 2.60. The fourth-order valence-corrected chi connectivity index (χ4v) is 2.67. The SMILES string of the molecule is CCOc1cc2c(C(=O)O)cc(-c3ccc(F)cc3F)nc2cc1OC. The topological polar surface area (TPSA) is 68.7 Å². The number of benzene rings is 2. The number of hydrogen-bond donors (Lipinski definition) is 1. The molecule has 3 aromatic rings. The van der Waals surface area contributed by atoms with Crippen molar-refractivity contribution in [3.63, 3.8) is 0 Å². The molecule has 2 aromatic carbocycles. The number of aromatic nitrogens is 1. The van der Waals surface area contributed by atoms with E-state index in [0.717, 1.165) is 12.1 Å². The average molecular weight is 359 g/mol. The van der Waals surface area contributed by atoms with Crippen molar-refractivity contribution in [3.8, 4) is 22.8 Å². The molecule has 1 heterocycles. The van der Waals surface area contributed by atoms with Gasteiger partial charge in [-0.25, -0.2) is 18.6 Å². The van der Waals surface area contributed by atoms with Crippen LogP contribution < -0.4 is 9.47 Å². The Hall–Kier alpha value is -3.22. The molecule has 5 nitrogen and oxygen atoms in total. The zero-order valence-corrected chi connectivity index (χ0v) is 14.0. The lowest BCUT2D eigenvalue weighted by Gasteiger charge is -2.13. The van der Waals surface area contributed by atoms with Crippen molar-refractivity contribution in [2.45, 2.75) is 6.92 Å². The summed E-state index contributed by atoms with van der Waals surface area (Å²) >= 11 is 0. The highest BCUT2D eigenvalue weighted by Gasteiger charge is 2.18. The van der Waals surface area contributed by atoms with Crippen molar-refractivity contribution in [2.75, 3.05) is 13.7 Å². The molecule has 0 spiro atoms. The number of nitrogens with zero attached hydrogens (tertiary/aromatic N) is 1. The monoisotopic (exact) mass is 359 g/mol. The smallest absolute Gasteiger partial charge is 0.336 e. The summed E-state index contributed by atoms with van der Waals surface area (Å²) in [5, 5.41) is 9.89. The van der Waals surface area contributed by atoms with E-state index in [1.165, 1.54) is 31.4 Å². The molecule has 0 saturated carbocycles. The quantitative estimate of drug-likeness (QED) is 0.736. The van der Waals surface area contributed by atoms with Gasteiger partial charge >= 0.3 is 5.97 Å². The Morgan fingerprint density at radius 2 is 1.92 bits per heavy atom. The second-order valence-corrected chi connectivity index (χ2v) is 5.44. The van der Waals surface area contributed by atoms with E-state index in [0.29, 0.717) is 29.0 Å². The van der Waals surface area contributed by atoms with E-state index in [4.69, 9.17) is 9.47 Å². The first kappa shape index (κ1) is 17.6. The van der Waals surface area contributed by atoms with E-state index in [2.05, 4.69) is 4.98 Å². The maximum atomic E-state index is 14.1. The van der Waals surface area contributed by atoms with Crippen LogP contribution in [0.5, 0.6) is 11.5 Å². The van der Waals surface area contributed by atoms with Crippen molar-refractivity contribution in [1.29, 1.82) is 0 Å². The van der Waals surface area contributed by atoms with Crippen LogP contribution in [-0.2, 0) is 0 Å². The fourth-order valence-electron chi connectivity index (χ4n) is 2.67. The number of aromatic carboxylic acids is 1. The van der Waals surface area contributed by atoms with Crippen LogP contribution in [0.4, 0.5) is 8.78 Å². The van der Waals surface area contributed by atoms with Crippen LogP contribution in [0.15, 0.2) is 36.4 Å². The highest BCUT2D eigenvalue weighted by molar-refractivity contribution is 6.04. The number of carbonyl (C=O) groups is 1. The van der Waals surface area contributed by atoms with Gasteiger partial charge in [0.15, 0.2) is 11.5 Å². The lowest BCUT2D eigenvalue weighted by Crippen LogP contribution is -2.03. The highest BCUT2D eigenvalue weighted by atomic mass is 19.1. The van der Waals surface area contributed by atoms with E-state index >= 15 is 0 Å². The van der Waals surface area contributed by atoms with Gasteiger partial charge in [-0.05, 0) is 31.2 Å². The second kappa shape index (κ2) is 6.95. The van der Waals surface area contributed by atoms with E-state index in [9.17, 15) is 18.7 Å². The molecule has 1 aromatic heterocycles. The Bertz CT molecular complexity index is 1000. The Morgan fingerprint density at radius 3 is 2.54 bits per heavy atom. The van der Waals surface area contributed by atoms with Crippen molar-refractivity contribution in [2.24, 2.45) is 0 Å². The van der Waals surface area contributed by atoms with Gasteiger partial charge in [0.2, 0.25) is 0 Å². The number of halogens is 2. The number of pyridine rings is 1. The Balaban J connectivity index is 2.30. The minimum Gasteiger partial charge on any atom is -0.493 e. The molecule has 0 aliphatic rings. The van der Waals surface area contributed by atoms with E-state index in [1.807, 2.05) is 0 Å². The second-order valence-electron chi connectivity index (χ2n) is 5.44. The Labute approximate surface area is 147 Å². The predicted octanol–water partition coefficient (Wildman–Crippen LogP) is 4.29. The molecular weight excluding hydrogens is 344 g/mol. The third kappa shape index (κ3) is 3.15. The lowest BCUT2D eigenvalue weighted by atomic mass is 10.0. The van der Waals surface area contributed by atoms with Crippen molar-refractivity contribution in [1.82, 2.24) is 4.98 Å². The van der Waals surface area contributed by atoms with Gasteiger partial charge in [0, 0.05) is 23.1 Å². The molecule has 0 atom stereocenters. The molecule has 26 heavy (non-hydrogen) atoms. The Kier molecular flexibility index (Phi) is 4.71. The summed E-state index contributed by atoms with van der Waals surface area (Å²) in [6.07, 6.45) is 0. The largest absolute Gasteiger partial charge is 0.493 e. The number of fused-ring (bicyclic) bond motifs is 1. The first-order valence-corrected chi connectivity index (χ1v) is 7.79. The van der Waals surface area contributed by atoms with Gasteiger partial charge in [-0.15, -0.1) is 0 Å². The number of carboxylic acids is 1. The molecule has 1 N–H and O–H groups in total. The van der Waals surface area contributed by atoms with Gasteiger partial charge in [0.25, 0.3) is 0 Å². The van der Waals surface area contributed by atoms with Crippen molar-refractivity contribution >= 4 is 16.9 Å². The standard InChI is InChI=1S/C19H15F2NO4/c1-3-26-18-8-12-13(19(23)24)7-15(22-16(12)9-17(18)25-2)11-5-4-10(20)6-14(11)21/h4-9H,3H2,1-2H3,(H,23,24). The van der Waals surface area contributed by atoms with Crippen molar-refractivity contribution < 1.29 is 28.2 Å². The van der Waals surface area contributed by atoms with Gasteiger partial charge < -0.3 is 14.6 Å². The summed E-state index contributed by atoms with van der Waals surface area (Å²) in [6, 6.07) is 7.33. The molecular formula is C19H15F2NO4. The fraction of sp³-hybridized carbons (Fsp3) is 0.158. The first-order valence-electron chi connectivity index (χ1n) is 7.79. The first-order chi connectivity index (χ1) is 12.4. The molecule has 0 unspecified atom stereocenters. The summed E-state index contributed by atoms with van der Waals surface area (Å²) in [5.41, 5.74) is 0.309. The van der Waals surface area contributed by atoms with Gasteiger partial charge in [-0.3, -0.25) is 0 Å². The maximum absolute atomic E-state index is 14.1. The normalized spacial score (nSPS) is 10.8. The summed E-state index contributed by atoms with van der Waals surface area (Å²) < 4.78 is 38.0.